The molecule has 18 heavy (non-hydrogen) atoms. The van der Waals surface area contributed by atoms with Gasteiger partial charge in [-0.15, -0.1) is 0 Å². The number of nitrogens with zero attached hydrogens (tertiary/aromatic N) is 1. The first kappa shape index (κ1) is 11.8. The SMILES string of the molecule is COc1c(C2CNCCO2)ccc2c1CCN2C. The zero-order valence-electron chi connectivity index (χ0n) is 11.0. The molecule has 3 rings (SSSR count). The fraction of sp³-hybridized carbons (Fsp3) is 0.571. The van der Waals surface area contributed by atoms with E-state index in [4.69, 9.17) is 9.47 Å². The summed E-state index contributed by atoms with van der Waals surface area (Å²) >= 11 is 0. The first-order valence-electron chi connectivity index (χ1n) is 6.54. The number of fused-ring (bicyclic) bond motifs is 1. The minimum atomic E-state index is 0.116. The van der Waals surface area contributed by atoms with Crippen LogP contribution >= 0.6 is 0 Å². The van der Waals surface area contributed by atoms with Gasteiger partial charge in [-0.25, -0.2) is 0 Å². The Hall–Kier alpha value is -1.26. The number of hydrogen-bond donors (Lipinski definition) is 1. The van der Waals surface area contributed by atoms with Crippen LogP contribution in [0.25, 0.3) is 0 Å². The summed E-state index contributed by atoms with van der Waals surface area (Å²) in [6.07, 6.45) is 1.17. The molecule has 0 radical (unpaired) electrons. The van der Waals surface area contributed by atoms with Gasteiger partial charge in [0.25, 0.3) is 0 Å². The van der Waals surface area contributed by atoms with E-state index in [0.717, 1.165) is 38.4 Å². The molecule has 2 aliphatic rings. The fourth-order valence-corrected chi connectivity index (χ4v) is 2.89. The van der Waals surface area contributed by atoms with Gasteiger partial charge in [-0.1, -0.05) is 6.07 Å². The van der Waals surface area contributed by atoms with E-state index in [2.05, 4.69) is 29.4 Å². The first-order valence-corrected chi connectivity index (χ1v) is 6.54. The van der Waals surface area contributed by atoms with E-state index < -0.39 is 0 Å². The van der Waals surface area contributed by atoms with E-state index in [1.165, 1.54) is 16.8 Å². The second kappa shape index (κ2) is 4.78. The average molecular weight is 248 g/mol. The smallest absolute Gasteiger partial charge is 0.130 e. The first-order chi connectivity index (χ1) is 8.81. The highest BCUT2D eigenvalue weighted by Gasteiger charge is 2.26. The molecule has 1 aromatic carbocycles. The molecule has 0 aliphatic carbocycles. The number of methoxy groups -OCH3 is 1. The third kappa shape index (κ3) is 1.85. The highest BCUT2D eigenvalue weighted by atomic mass is 16.5. The van der Waals surface area contributed by atoms with E-state index in [9.17, 15) is 0 Å². The van der Waals surface area contributed by atoms with Crippen LogP contribution in [0, 0.1) is 0 Å². The van der Waals surface area contributed by atoms with Crippen LogP contribution in [-0.2, 0) is 11.2 Å². The Balaban J connectivity index is 1.99. The molecule has 0 amide bonds. The summed E-state index contributed by atoms with van der Waals surface area (Å²) in [7, 11) is 3.89. The van der Waals surface area contributed by atoms with E-state index >= 15 is 0 Å². The van der Waals surface area contributed by atoms with Crippen LogP contribution in [0.15, 0.2) is 12.1 Å². The minimum absolute atomic E-state index is 0.116. The van der Waals surface area contributed by atoms with Crippen LogP contribution < -0.4 is 15.0 Å². The van der Waals surface area contributed by atoms with Crippen molar-refractivity contribution >= 4 is 5.69 Å². The summed E-state index contributed by atoms with van der Waals surface area (Å²) in [6, 6.07) is 4.34. The lowest BCUT2D eigenvalue weighted by Gasteiger charge is -2.26. The molecule has 1 unspecified atom stereocenters. The normalized spacial score (nSPS) is 23.0. The van der Waals surface area contributed by atoms with Crippen LogP contribution in [0.2, 0.25) is 0 Å². The summed E-state index contributed by atoms with van der Waals surface area (Å²) in [4.78, 5) is 2.28. The lowest BCUT2D eigenvalue weighted by molar-refractivity contribution is 0.0262. The zero-order valence-corrected chi connectivity index (χ0v) is 11.0. The monoisotopic (exact) mass is 248 g/mol. The molecule has 2 aliphatic heterocycles. The number of ether oxygens (including phenoxy) is 2. The van der Waals surface area contributed by atoms with Gasteiger partial charge in [0, 0.05) is 43.5 Å². The number of likely N-dealkylation sites (N-methyl/N-ethyl adjacent to an activating group) is 1. The molecular weight excluding hydrogens is 228 g/mol. The van der Waals surface area contributed by atoms with Gasteiger partial charge in [0.1, 0.15) is 5.75 Å². The molecule has 98 valence electrons. The molecule has 1 N–H and O–H groups in total. The van der Waals surface area contributed by atoms with Gasteiger partial charge >= 0.3 is 0 Å². The Morgan fingerprint density at radius 3 is 3.06 bits per heavy atom. The molecule has 1 fully saturated rings. The number of rotatable bonds is 2. The third-order valence-corrected chi connectivity index (χ3v) is 3.85. The summed E-state index contributed by atoms with van der Waals surface area (Å²) in [5.41, 5.74) is 3.80. The predicted molar refractivity (Wildman–Crippen MR) is 71.5 cm³/mol. The summed E-state index contributed by atoms with van der Waals surface area (Å²) in [5.74, 6) is 1.02. The third-order valence-electron chi connectivity index (χ3n) is 3.85. The maximum absolute atomic E-state index is 5.84. The van der Waals surface area contributed by atoms with Crippen molar-refractivity contribution in [3.63, 3.8) is 0 Å². The van der Waals surface area contributed by atoms with Crippen molar-refractivity contribution < 1.29 is 9.47 Å². The van der Waals surface area contributed by atoms with Crippen LogP contribution in [0.3, 0.4) is 0 Å². The topological polar surface area (TPSA) is 33.7 Å². The predicted octanol–water partition coefficient (Wildman–Crippen LogP) is 1.35. The standard InChI is InChI=1S/C14H20N2O2/c1-16-7-5-10-12(16)4-3-11(14(10)17-2)13-9-15-6-8-18-13/h3-4,13,15H,5-9H2,1-2H3. The van der Waals surface area contributed by atoms with Gasteiger partial charge in [-0.3, -0.25) is 0 Å². The quantitative estimate of drug-likeness (QED) is 0.856. The lowest BCUT2D eigenvalue weighted by atomic mass is 10.0. The maximum atomic E-state index is 5.84. The number of anilines is 1. The fourth-order valence-electron chi connectivity index (χ4n) is 2.89. The molecule has 0 saturated carbocycles. The average Bonchev–Trinajstić information content (AvgIpc) is 2.80. The Kier molecular flexibility index (Phi) is 3.14. The van der Waals surface area contributed by atoms with Crippen molar-refractivity contribution in [2.45, 2.75) is 12.5 Å². The summed E-state index contributed by atoms with van der Waals surface area (Å²) in [5, 5.41) is 3.37. The Morgan fingerprint density at radius 2 is 2.33 bits per heavy atom. The number of benzene rings is 1. The lowest BCUT2D eigenvalue weighted by Crippen LogP contribution is -2.33. The minimum Gasteiger partial charge on any atom is -0.496 e. The van der Waals surface area contributed by atoms with Crippen LogP contribution in [0.1, 0.15) is 17.2 Å². The Bertz CT molecular complexity index is 442. The van der Waals surface area contributed by atoms with Crippen molar-refractivity contribution in [2.75, 3.05) is 45.3 Å². The van der Waals surface area contributed by atoms with E-state index in [1.807, 2.05) is 0 Å². The van der Waals surface area contributed by atoms with Crippen LogP contribution in [0.5, 0.6) is 5.75 Å². The molecule has 2 heterocycles. The number of nitrogens with one attached hydrogen (secondary N) is 1. The van der Waals surface area contributed by atoms with Crippen molar-refractivity contribution in [2.24, 2.45) is 0 Å². The highest BCUT2D eigenvalue weighted by molar-refractivity contribution is 5.65. The van der Waals surface area contributed by atoms with Gasteiger partial charge in [0.05, 0.1) is 19.8 Å². The summed E-state index contributed by atoms with van der Waals surface area (Å²) in [6.45, 7) is 3.64. The summed E-state index contributed by atoms with van der Waals surface area (Å²) < 4.78 is 11.5. The van der Waals surface area contributed by atoms with Crippen LogP contribution in [0.4, 0.5) is 5.69 Å². The molecule has 0 bridgehead atoms. The van der Waals surface area contributed by atoms with Gasteiger partial charge in [-0.2, -0.15) is 0 Å². The molecule has 4 heteroatoms. The van der Waals surface area contributed by atoms with E-state index in [-0.39, 0.29) is 6.10 Å². The van der Waals surface area contributed by atoms with Crippen molar-refractivity contribution in [1.82, 2.24) is 5.32 Å². The largest absolute Gasteiger partial charge is 0.496 e. The Labute approximate surface area is 108 Å². The molecule has 1 saturated heterocycles. The second-order valence-corrected chi connectivity index (χ2v) is 4.92. The van der Waals surface area contributed by atoms with Gasteiger partial charge < -0.3 is 19.7 Å². The van der Waals surface area contributed by atoms with Crippen LogP contribution in [-0.4, -0.2) is 40.4 Å². The van der Waals surface area contributed by atoms with Crippen molar-refractivity contribution in [3.05, 3.63) is 23.3 Å². The molecule has 1 aromatic rings. The highest BCUT2D eigenvalue weighted by Crippen LogP contribution is 2.40. The molecule has 0 spiro atoms. The van der Waals surface area contributed by atoms with Gasteiger partial charge in [0.15, 0.2) is 0 Å². The number of hydrogen-bond acceptors (Lipinski definition) is 4. The maximum Gasteiger partial charge on any atom is 0.130 e. The molecule has 1 atom stereocenters. The molecule has 0 aromatic heterocycles. The van der Waals surface area contributed by atoms with E-state index in [0.29, 0.717) is 0 Å². The van der Waals surface area contributed by atoms with Gasteiger partial charge in [0.2, 0.25) is 0 Å². The van der Waals surface area contributed by atoms with E-state index in [1.54, 1.807) is 7.11 Å². The second-order valence-electron chi connectivity index (χ2n) is 4.92. The van der Waals surface area contributed by atoms with Crippen molar-refractivity contribution in [3.8, 4) is 5.75 Å². The molecular formula is C14H20N2O2. The zero-order chi connectivity index (χ0) is 12.5. The van der Waals surface area contributed by atoms with Gasteiger partial charge in [-0.05, 0) is 12.5 Å². The Morgan fingerprint density at radius 1 is 1.44 bits per heavy atom. The molecule has 4 nitrogen and oxygen atoms in total. The van der Waals surface area contributed by atoms with Crippen molar-refractivity contribution in [1.29, 1.82) is 0 Å². The number of morpholine rings is 1.